The number of aryl methyl sites for hydroxylation is 1. The number of amides is 1. The first-order valence-electron chi connectivity index (χ1n) is 5.20. The van der Waals surface area contributed by atoms with Gasteiger partial charge in [0.1, 0.15) is 5.69 Å². The number of aromatic nitrogens is 2. The summed E-state index contributed by atoms with van der Waals surface area (Å²) in [5.74, 6) is -1.44. The van der Waals surface area contributed by atoms with Gasteiger partial charge < -0.3 is 9.88 Å². The Hall–Kier alpha value is -2.77. The van der Waals surface area contributed by atoms with Crippen LogP contribution in [0, 0.1) is 15.9 Å². The number of anilines is 1. The van der Waals surface area contributed by atoms with Crippen molar-refractivity contribution in [1.82, 2.24) is 9.55 Å². The van der Waals surface area contributed by atoms with Crippen molar-refractivity contribution < 1.29 is 14.1 Å². The molecule has 1 aromatic carbocycles. The van der Waals surface area contributed by atoms with E-state index in [-0.39, 0.29) is 11.4 Å². The van der Waals surface area contributed by atoms with Gasteiger partial charge in [-0.2, -0.15) is 4.39 Å². The monoisotopic (exact) mass is 264 g/mol. The summed E-state index contributed by atoms with van der Waals surface area (Å²) in [6.45, 7) is 0. The smallest absolute Gasteiger partial charge is 0.306 e. The maximum absolute atomic E-state index is 13.1. The van der Waals surface area contributed by atoms with E-state index in [1.165, 1.54) is 23.2 Å². The van der Waals surface area contributed by atoms with Crippen LogP contribution in [-0.2, 0) is 7.05 Å². The van der Waals surface area contributed by atoms with E-state index >= 15 is 0 Å². The molecule has 0 saturated heterocycles. The van der Waals surface area contributed by atoms with Crippen LogP contribution >= 0.6 is 0 Å². The van der Waals surface area contributed by atoms with Crippen LogP contribution in [0.4, 0.5) is 15.8 Å². The first-order chi connectivity index (χ1) is 8.99. The van der Waals surface area contributed by atoms with Gasteiger partial charge in [-0.25, -0.2) is 4.98 Å². The zero-order chi connectivity index (χ0) is 14.0. The topological polar surface area (TPSA) is 90.1 Å². The number of rotatable bonds is 3. The summed E-state index contributed by atoms with van der Waals surface area (Å²) in [6, 6.07) is 3.14. The number of carbonyl (C=O) groups is 1. The van der Waals surface area contributed by atoms with E-state index in [9.17, 15) is 19.3 Å². The molecule has 0 radical (unpaired) electrons. The maximum Gasteiger partial charge on any atom is 0.306 e. The van der Waals surface area contributed by atoms with E-state index in [0.717, 1.165) is 12.1 Å². The van der Waals surface area contributed by atoms with E-state index in [4.69, 9.17) is 0 Å². The summed E-state index contributed by atoms with van der Waals surface area (Å²) in [5.41, 5.74) is -0.269. The third kappa shape index (κ3) is 2.57. The molecule has 0 aliphatic carbocycles. The number of hydrogen-bond donors (Lipinski definition) is 1. The van der Waals surface area contributed by atoms with Crippen LogP contribution in [0.2, 0.25) is 0 Å². The number of nitro benzene ring substituents is 1. The van der Waals surface area contributed by atoms with Crippen molar-refractivity contribution in [2.75, 3.05) is 5.32 Å². The van der Waals surface area contributed by atoms with Gasteiger partial charge in [-0.1, -0.05) is 0 Å². The molecule has 0 spiro atoms. The average Bonchev–Trinajstić information content (AvgIpc) is 2.77. The Balaban J connectivity index is 2.25. The highest BCUT2D eigenvalue weighted by molar-refractivity contribution is 6.03. The highest BCUT2D eigenvalue weighted by Gasteiger charge is 2.16. The highest BCUT2D eigenvalue weighted by Crippen LogP contribution is 2.21. The standard InChI is InChI=1S/C11H9FN4O3/c1-15-6-13-5-10(15)11(17)14-7-2-3-8(12)9(4-7)16(18)19/h2-6H,1H3,(H,14,17). The van der Waals surface area contributed by atoms with Crippen LogP contribution in [0.15, 0.2) is 30.7 Å². The van der Waals surface area contributed by atoms with Crippen molar-refractivity contribution in [2.24, 2.45) is 7.05 Å². The molecular formula is C11H9FN4O3. The molecule has 19 heavy (non-hydrogen) atoms. The van der Waals surface area contributed by atoms with E-state index in [2.05, 4.69) is 10.3 Å². The van der Waals surface area contributed by atoms with E-state index in [1.807, 2.05) is 0 Å². The molecule has 0 atom stereocenters. The van der Waals surface area contributed by atoms with Gasteiger partial charge in [0.2, 0.25) is 5.82 Å². The van der Waals surface area contributed by atoms with Crippen molar-refractivity contribution in [2.45, 2.75) is 0 Å². The molecule has 2 aromatic rings. The lowest BCUT2D eigenvalue weighted by atomic mass is 10.2. The second-order valence-corrected chi connectivity index (χ2v) is 3.77. The molecule has 0 bridgehead atoms. The summed E-state index contributed by atoms with van der Waals surface area (Å²) in [4.78, 5) is 25.3. The van der Waals surface area contributed by atoms with Gasteiger partial charge in [0.25, 0.3) is 5.91 Å². The first-order valence-corrected chi connectivity index (χ1v) is 5.20. The summed E-state index contributed by atoms with van der Waals surface area (Å²) in [7, 11) is 1.63. The van der Waals surface area contributed by atoms with Gasteiger partial charge in [-0.05, 0) is 12.1 Å². The number of nitro groups is 1. The Morgan fingerprint density at radius 3 is 2.84 bits per heavy atom. The number of benzene rings is 1. The van der Waals surface area contributed by atoms with Crippen LogP contribution in [0.25, 0.3) is 0 Å². The maximum atomic E-state index is 13.1. The van der Waals surface area contributed by atoms with Crippen LogP contribution in [0.3, 0.4) is 0 Å². The molecular weight excluding hydrogens is 255 g/mol. The Labute approximate surface area is 106 Å². The lowest BCUT2D eigenvalue weighted by Gasteiger charge is -2.05. The Morgan fingerprint density at radius 2 is 2.26 bits per heavy atom. The molecule has 2 rings (SSSR count). The van der Waals surface area contributed by atoms with Gasteiger partial charge in [0.05, 0.1) is 17.4 Å². The molecule has 0 aliphatic heterocycles. The number of nitrogens with zero attached hydrogens (tertiary/aromatic N) is 3. The number of hydrogen-bond acceptors (Lipinski definition) is 4. The quantitative estimate of drug-likeness (QED) is 0.675. The summed E-state index contributed by atoms with van der Waals surface area (Å²) < 4.78 is 14.6. The fraction of sp³-hybridized carbons (Fsp3) is 0.0909. The zero-order valence-corrected chi connectivity index (χ0v) is 9.83. The molecule has 0 fully saturated rings. The predicted molar refractivity (Wildman–Crippen MR) is 64.2 cm³/mol. The lowest BCUT2D eigenvalue weighted by Crippen LogP contribution is -2.15. The molecule has 98 valence electrons. The van der Waals surface area contributed by atoms with E-state index < -0.39 is 22.3 Å². The molecule has 1 N–H and O–H groups in total. The summed E-state index contributed by atoms with van der Waals surface area (Å²) >= 11 is 0. The van der Waals surface area contributed by atoms with Crippen molar-refractivity contribution >= 4 is 17.3 Å². The van der Waals surface area contributed by atoms with E-state index in [0.29, 0.717) is 0 Å². The molecule has 0 unspecified atom stereocenters. The van der Waals surface area contributed by atoms with Crippen LogP contribution in [0.5, 0.6) is 0 Å². The number of carbonyl (C=O) groups excluding carboxylic acids is 1. The fourth-order valence-corrected chi connectivity index (χ4v) is 1.50. The minimum absolute atomic E-state index is 0.138. The van der Waals surface area contributed by atoms with Gasteiger partial charge in [-0.15, -0.1) is 0 Å². The number of halogens is 1. The van der Waals surface area contributed by atoms with Gasteiger partial charge in [-0.3, -0.25) is 14.9 Å². The van der Waals surface area contributed by atoms with Crippen LogP contribution in [0.1, 0.15) is 10.5 Å². The van der Waals surface area contributed by atoms with Gasteiger partial charge in [0, 0.05) is 18.8 Å². The van der Waals surface area contributed by atoms with E-state index in [1.54, 1.807) is 7.05 Å². The molecule has 0 saturated carbocycles. The van der Waals surface area contributed by atoms with Crippen LogP contribution < -0.4 is 5.32 Å². The summed E-state index contributed by atoms with van der Waals surface area (Å²) in [5, 5.41) is 13.0. The van der Waals surface area contributed by atoms with Crippen molar-refractivity contribution in [3.63, 3.8) is 0 Å². The van der Waals surface area contributed by atoms with Gasteiger partial charge >= 0.3 is 5.69 Å². The normalized spacial score (nSPS) is 10.2. The SMILES string of the molecule is Cn1cncc1C(=O)Nc1ccc(F)c([N+](=O)[O-])c1. The lowest BCUT2D eigenvalue weighted by molar-refractivity contribution is -0.387. The average molecular weight is 264 g/mol. The third-order valence-electron chi connectivity index (χ3n) is 2.45. The second-order valence-electron chi connectivity index (χ2n) is 3.77. The Kier molecular flexibility index (Phi) is 3.23. The molecule has 8 heteroatoms. The molecule has 7 nitrogen and oxygen atoms in total. The predicted octanol–water partition coefficient (Wildman–Crippen LogP) is 1.72. The largest absolute Gasteiger partial charge is 0.330 e. The van der Waals surface area contributed by atoms with Gasteiger partial charge in [0.15, 0.2) is 0 Å². The molecule has 1 heterocycles. The first kappa shape index (κ1) is 12.7. The number of imidazole rings is 1. The second kappa shape index (κ2) is 4.84. The minimum atomic E-state index is -0.955. The highest BCUT2D eigenvalue weighted by atomic mass is 19.1. The van der Waals surface area contributed by atoms with Crippen molar-refractivity contribution in [1.29, 1.82) is 0 Å². The zero-order valence-electron chi connectivity index (χ0n) is 9.83. The minimum Gasteiger partial charge on any atom is -0.330 e. The molecule has 1 aromatic heterocycles. The molecule has 1 amide bonds. The Bertz CT molecular complexity index is 653. The summed E-state index contributed by atoms with van der Waals surface area (Å²) in [6.07, 6.45) is 2.80. The number of nitrogens with one attached hydrogen (secondary N) is 1. The Morgan fingerprint density at radius 1 is 1.53 bits per heavy atom. The van der Waals surface area contributed by atoms with Crippen molar-refractivity contribution in [3.05, 3.63) is 52.3 Å². The van der Waals surface area contributed by atoms with Crippen LogP contribution in [-0.4, -0.2) is 20.4 Å². The molecule has 0 aliphatic rings. The third-order valence-corrected chi connectivity index (χ3v) is 2.45. The van der Waals surface area contributed by atoms with Crippen molar-refractivity contribution in [3.8, 4) is 0 Å². The fourth-order valence-electron chi connectivity index (χ4n) is 1.50.